The number of benzene rings is 1. The molecule has 0 bridgehead atoms. The molecule has 0 atom stereocenters. The lowest BCUT2D eigenvalue weighted by Crippen LogP contribution is -2.48. The average Bonchev–Trinajstić information content (AvgIpc) is 2.65. The van der Waals surface area contributed by atoms with Gasteiger partial charge < -0.3 is 20.3 Å². The van der Waals surface area contributed by atoms with Gasteiger partial charge in [0.2, 0.25) is 5.91 Å². The summed E-state index contributed by atoms with van der Waals surface area (Å²) in [4.78, 5) is 18.2. The number of para-hydroxylation sites is 1. The minimum Gasteiger partial charge on any atom is -0.490 e. The molecule has 26 heavy (non-hydrogen) atoms. The van der Waals surface area contributed by atoms with Crippen LogP contribution >= 0.6 is 24.0 Å². The highest BCUT2D eigenvalue weighted by atomic mass is 127. The van der Waals surface area contributed by atoms with Crippen LogP contribution in [0, 0.1) is 0 Å². The molecule has 1 fully saturated rings. The first-order chi connectivity index (χ1) is 12.2. The summed E-state index contributed by atoms with van der Waals surface area (Å²) in [6.45, 7) is 5.19. The Hall–Kier alpha value is -1.51. The summed E-state index contributed by atoms with van der Waals surface area (Å²) in [5, 5.41) is 6.17. The van der Waals surface area contributed by atoms with Gasteiger partial charge >= 0.3 is 0 Å². The number of hydrogen-bond acceptors (Lipinski definition) is 3. The zero-order valence-corrected chi connectivity index (χ0v) is 18.1. The standard InChI is InChI=1S/C19H30N4O2.HI/c1-3-12-21-18(24)9-13-22-19(20-2)23-14-10-17(11-15-23)25-16-7-5-4-6-8-16;/h4-8,17H,3,9-15H2,1-2H3,(H,20,22)(H,21,24);1H. The van der Waals surface area contributed by atoms with Crippen LogP contribution in [-0.2, 0) is 4.79 Å². The van der Waals surface area contributed by atoms with Crippen LogP contribution in [0.5, 0.6) is 5.75 Å². The summed E-state index contributed by atoms with van der Waals surface area (Å²) >= 11 is 0. The van der Waals surface area contributed by atoms with Gasteiger partial charge in [-0.3, -0.25) is 9.79 Å². The second-order valence-corrected chi connectivity index (χ2v) is 6.19. The van der Waals surface area contributed by atoms with Crippen LogP contribution in [0.3, 0.4) is 0 Å². The third-order valence-electron chi connectivity index (χ3n) is 4.21. The van der Waals surface area contributed by atoms with Crippen LogP contribution in [0.4, 0.5) is 0 Å². The van der Waals surface area contributed by atoms with Gasteiger partial charge in [-0.1, -0.05) is 25.1 Å². The number of ether oxygens (including phenoxy) is 1. The van der Waals surface area contributed by atoms with Crippen LogP contribution in [-0.4, -0.2) is 56.1 Å². The number of carbonyl (C=O) groups is 1. The summed E-state index contributed by atoms with van der Waals surface area (Å²) < 4.78 is 6.03. The fraction of sp³-hybridized carbons (Fsp3) is 0.579. The maximum Gasteiger partial charge on any atom is 0.221 e. The van der Waals surface area contributed by atoms with Gasteiger partial charge in [-0.15, -0.1) is 24.0 Å². The van der Waals surface area contributed by atoms with Gasteiger partial charge in [0.15, 0.2) is 5.96 Å². The van der Waals surface area contributed by atoms with Crippen molar-refractivity contribution in [3.05, 3.63) is 30.3 Å². The number of nitrogens with zero attached hydrogens (tertiary/aromatic N) is 2. The van der Waals surface area contributed by atoms with E-state index in [-0.39, 0.29) is 36.0 Å². The summed E-state index contributed by atoms with van der Waals surface area (Å²) in [5.74, 6) is 1.88. The zero-order chi connectivity index (χ0) is 17.9. The van der Waals surface area contributed by atoms with Crippen molar-refractivity contribution in [2.45, 2.75) is 38.7 Å². The van der Waals surface area contributed by atoms with Gasteiger partial charge in [-0.2, -0.15) is 0 Å². The van der Waals surface area contributed by atoms with E-state index in [4.69, 9.17) is 4.74 Å². The Morgan fingerprint density at radius 2 is 1.88 bits per heavy atom. The molecule has 6 nitrogen and oxygen atoms in total. The lowest BCUT2D eigenvalue weighted by molar-refractivity contribution is -0.120. The first kappa shape index (κ1) is 22.5. The molecule has 2 N–H and O–H groups in total. The number of hydrogen-bond donors (Lipinski definition) is 2. The van der Waals surface area contributed by atoms with Crippen molar-refractivity contribution in [1.82, 2.24) is 15.5 Å². The molecule has 7 heteroatoms. The number of rotatable bonds is 7. The quantitative estimate of drug-likeness (QED) is 0.363. The maximum atomic E-state index is 11.6. The van der Waals surface area contributed by atoms with Gasteiger partial charge in [0, 0.05) is 52.5 Å². The van der Waals surface area contributed by atoms with Crippen LogP contribution in [0.15, 0.2) is 35.3 Å². The molecule has 1 saturated heterocycles. The van der Waals surface area contributed by atoms with Crippen LogP contribution in [0.2, 0.25) is 0 Å². The minimum absolute atomic E-state index is 0. The highest BCUT2D eigenvalue weighted by molar-refractivity contribution is 14.0. The zero-order valence-electron chi connectivity index (χ0n) is 15.7. The molecule has 1 amide bonds. The van der Waals surface area contributed by atoms with Gasteiger partial charge in [0.25, 0.3) is 0 Å². The van der Waals surface area contributed by atoms with Crippen LogP contribution in [0.1, 0.15) is 32.6 Å². The molecule has 0 spiro atoms. The van der Waals surface area contributed by atoms with Crippen molar-refractivity contribution < 1.29 is 9.53 Å². The number of guanidine groups is 1. The second-order valence-electron chi connectivity index (χ2n) is 6.19. The van der Waals surface area contributed by atoms with Crippen LogP contribution in [0.25, 0.3) is 0 Å². The number of aliphatic imine (C=N–C) groups is 1. The lowest BCUT2D eigenvalue weighted by Gasteiger charge is -2.34. The number of carbonyl (C=O) groups excluding carboxylic acids is 1. The van der Waals surface area contributed by atoms with Gasteiger partial charge in [-0.05, 0) is 18.6 Å². The molecule has 1 aliphatic heterocycles. The Morgan fingerprint density at radius 3 is 2.50 bits per heavy atom. The molecular weight excluding hydrogens is 443 g/mol. The normalized spacial score (nSPS) is 15.2. The first-order valence-electron chi connectivity index (χ1n) is 9.17. The SMILES string of the molecule is CCCNC(=O)CCNC(=NC)N1CCC(Oc2ccccc2)CC1.I. The summed E-state index contributed by atoms with van der Waals surface area (Å²) in [6.07, 6.45) is 3.60. The van der Waals surface area contributed by atoms with E-state index in [1.54, 1.807) is 7.05 Å². The van der Waals surface area contributed by atoms with E-state index < -0.39 is 0 Å². The smallest absolute Gasteiger partial charge is 0.221 e. The molecule has 0 aromatic heterocycles. The second kappa shape index (κ2) is 12.8. The average molecular weight is 474 g/mol. The molecular formula is C19H31IN4O2. The van der Waals surface area contributed by atoms with E-state index in [9.17, 15) is 4.79 Å². The molecule has 1 aliphatic rings. The van der Waals surface area contributed by atoms with E-state index in [2.05, 4.69) is 20.5 Å². The summed E-state index contributed by atoms with van der Waals surface area (Å²) in [6, 6.07) is 9.97. The minimum atomic E-state index is 0. The third kappa shape index (κ3) is 7.80. The molecule has 1 aromatic carbocycles. The van der Waals surface area contributed by atoms with Crippen molar-refractivity contribution in [1.29, 1.82) is 0 Å². The Morgan fingerprint density at radius 1 is 1.19 bits per heavy atom. The van der Waals surface area contributed by atoms with Crippen LogP contribution < -0.4 is 15.4 Å². The first-order valence-corrected chi connectivity index (χ1v) is 9.17. The number of halogens is 1. The molecule has 1 heterocycles. The highest BCUT2D eigenvalue weighted by Crippen LogP contribution is 2.18. The maximum absolute atomic E-state index is 11.6. The number of likely N-dealkylation sites (tertiary alicyclic amines) is 1. The van der Waals surface area contributed by atoms with Gasteiger partial charge in [-0.25, -0.2) is 0 Å². The predicted molar refractivity (Wildman–Crippen MR) is 116 cm³/mol. The fourth-order valence-electron chi connectivity index (χ4n) is 2.85. The summed E-state index contributed by atoms with van der Waals surface area (Å²) in [5.41, 5.74) is 0. The van der Waals surface area contributed by atoms with Gasteiger partial charge in [0.1, 0.15) is 11.9 Å². The number of piperidine rings is 1. The van der Waals surface area contributed by atoms with E-state index in [1.165, 1.54) is 0 Å². The molecule has 0 unspecified atom stereocenters. The topological polar surface area (TPSA) is 66.0 Å². The van der Waals surface area contributed by atoms with Crippen molar-refractivity contribution in [2.75, 3.05) is 33.2 Å². The molecule has 2 rings (SSSR count). The highest BCUT2D eigenvalue weighted by Gasteiger charge is 2.22. The van der Waals surface area contributed by atoms with E-state index >= 15 is 0 Å². The number of amides is 1. The van der Waals surface area contributed by atoms with Crippen molar-refractivity contribution in [2.24, 2.45) is 4.99 Å². The lowest BCUT2D eigenvalue weighted by atomic mass is 10.1. The molecule has 0 saturated carbocycles. The van der Waals surface area contributed by atoms with Crippen molar-refractivity contribution in [3.63, 3.8) is 0 Å². The molecule has 146 valence electrons. The third-order valence-corrected chi connectivity index (χ3v) is 4.21. The van der Waals surface area contributed by atoms with E-state index in [1.807, 2.05) is 37.3 Å². The van der Waals surface area contributed by atoms with E-state index in [0.29, 0.717) is 13.0 Å². The Labute approximate surface area is 173 Å². The monoisotopic (exact) mass is 474 g/mol. The Balaban J connectivity index is 0.00000338. The molecule has 0 aliphatic carbocycles. The Bertz CT molecular complexity index is 546. The molecule has 0 radical (unpaired) electrons. The van der Waals surface area contributed by atoms with E-state index in [0.717, 1.165) is 50.6 Å². The number of nitrogens with one attached hydrogen (secondary N) is 2. The predicted octanol–water partition coefficient (Wildman–Crippen LogP) is 2.64. The largest absolute Gasteiger partial charge is 0.490 e. The van der Waals surface area contributed by atoms with Crippen molar-refractivity contribution in [3.8, 4) is 5.75 Å². The fourth-order valence-corrected chi connectivity index (χ4v) is 2.85. The summed E-state index contributed by atoms with van der Waals surface area (Å²) in [7, 11) is 1.78. The van der Waals surface area contributed by atoms with Crippen molar-refractivity contribution >= 4 is 35.8 Å². The Kier molecular flexibility index (Phi) is 11.1. The van der Waals surface area contributed by atoms with Gasteiger partial charge in [0.05, 0.1) is 0 Å². The molecule has 1 aromatic rings.